The Morgan fingerprint density at radius 2 is 1.82 bits per heavy atom. The average molecular weight is 465 g/mol. The summed E-state index contributed by atoms with van der Waals surface area (Å²) in [5.41, 5.74) is 5.08. The number of hydrogen-bond donors (Lipinski definition) is 0. The van der Waals surface area contributed by atoms with Crippen molar-refractivity contribution in [2.45, 2.75) is 44.4 Å². The molecule has 7 nitrogen and oxygen atoms in total. The van der Waals surface area contributed by atoms with Gasteiger partial charge in [-0.2, -0.15) is 0 Å². The van der Waals surface area contributed by atoms with Gasteiger partial charge in [0.15, 0.2) is 0 Å². The van der Waals surface area contributed by atoms with Crippen LogP contribution in [0.2, 0.25) is 0 Å². The molecule has 7 heteroatoms. The minimum atomic E-state index is 0.00560. The van der Waals surface area contributed by atoms with Gasteiger partial charge in [-0.25, -0.2) is 4.79 Å². The van der Waals surface area contributed by atoms with Crippen LogP contribution in [0.25, 0.3) is 0 Å². The van der Waals surface area contributed by atoms with Gasteiger partial charge in [-0.3, -0.25) is 9.88 Å². The van der Waals surface area contributed by atoms with E-state index in [1.165, 1.54) is 16.7 Å². The zero-order chi connectivity index (χ0) is 23.3. The smallest absolute Gasteiger partial charge is 0.320 e. The second-order valence-electron chi connectivity index (χ2n) is 9.73. The van der Waals surface area contributed by atoms with Crippen molar-refractivity contribution in [1.82, 2.24) is 19.7 Å². The fourth-order valence-corrected chi connectivity index (χ4v) is 5.40. The van der Waals surface area contributed by atoms with E-state index >= 15 is 0 Å². The van der Waals surface area contributed by atoms with Gasteiger partial charge in [-0.1, -0.05) is 30.3 Å². The average Bonchev–Trinajstić information content (AvgIpc) is 3.23. The molecule has 0 aliphatic carbocycles. The lowest BCUT2D eigenvalue weighted by molar-refractivity contribution is 0.0419. The van der Waals surface area contributed by atoms with Crippen LogP contribution in [-0.4, -0.2) is 84.9 Å². The summed E-state index contributed by atoms with van der Waals surface area (Å²) in [5, 5.41) is 0. The first-order valence-electron chi connectivity index (χ1n) is 12.6. The van der Waals surface area contributed by atoms with Crippen LogP contribution >= 0.6 is 0 Å². The highest BCUT2D eigenvalue weighted by atomic mass is 16.5. The summed E-state index contributed by atoms with van der Waals surface area (Å²) in [5.74, 6) is 0.540. The Morgan fingerprint density at radius 1 is 1.03 bits per heavy atom. The maximum atomic E-state index is 13.1. The van der Waals surface area contributed by atoms with E-state index in [1.54, 1.807) is 7.11 Å². The van der Waals surface area contributed by atoms with Crippen LogP contribution in [0.5, 0.6) is 0 Å². The lowest BCUT2D eigenvalue weighted by atomic mass is 9.93. The van der Waals surface area contributed by atoms with Crippen LogP contribution < -0.4 is 0 Å². The summed E-state index contributed by atoms with van der Waals surface area (Å²) in [6, 6.07) is 13.0. The largest absolute Gasteiger partial charge is 0.381 e. The number of hydrogen-bond acceptors (Lipinski definition) is 5. The zero-order valence-corrected chi connectivity index (χ0v) is 20.2. The van der Waals surface area contributed by atoms with Gasteiger partial charge in [-0.15, -0.1) is 0 Å². The monoisotopic (exact) mass is 464 g/mol. The molecule has 1 aromatic carbocycles. The van der Waals surface area contributed by atoms with Crippen molar-refractivity contribution in [3.8, 4) is 0 Å². The molecule has 0 unspecified atom stereocenters. The molecule has 4 heterocycles. The van der Waals surface area contributed by atoms with E-state index in [0.717, 1.165) is 70.9 Å². The van der Waals surface area contributed by atoms with Gasteiger partial charge in [0.2, 0.25) is 0 Å². The number of carbonyl (C=O) groups is 1. The van der Waals surface area contributed by atoms with Crippen LogP contribution in [0.1, 0.15) is 41.1 Å². The number of fused-ring (bicyclic) bond motifs is 1. The number of nitrogens with zero attached hydrogens (tertiary/aromatic N) is 4. The summed E-state index contributed by atoms with van der Waals surface area (Å²) < 4.78 is 11.3. The number of aromatic nitrogens is 1. The van der Waals surface area contributed by atoms with E-state index < -0.39 is 0 Å². The molecule has 0 N–H and O–H groups in total. The van der Waals surface area contributed by atoms with Gasteiger partial charge in [0.25, 0.3) is 0 Å². The van der Waals surface area contributed by atoms with E-state index in [0.29, 0.717) is 19.0 Å². The normalized spacial score (nSPS) is 20.6. The second-order valence-corrected chi connectivity index (χ2v) is 9.73. The second kappa shape index (κ2) is 10.8. The Morgan fingerprint density at radius 3 is 2.59 bits per heavy atom. The molecule has 2 fully saturated rings. The lowest BCUT2D eigenvalue weighted by Crippen LogP contribution is -2.44. The fraction of sp³-hybridized carbons (Fsp3) is 0.556. The minimum Gasteiger partial charge on any atom is -0.381 e. The zero-order valence-electron chi connectivity index (χ0n) is 20.2. The van der Waals surface area contributed by atoms with Crippen LogP contribution in [0.4, 0.5) is 4.79 Å². The van der Waals surface area contributed by atoms with Gasteiger partial charge in [0.1, 0.15) is 0 Å². The van der Waals surface area contributed by atoms with E-state index in [2.05, 4.69) is 46.3 Å². The standard InChI is InChI=1S/C27H36N4O3/c1-33-26(19-29-11-8-21-4-2-3-5-24(21)17-29)20-31-13-12-30(27(31)32)18-25-7-6-23(16-28-25)22-9-14-34-15-10-22/h2-7,16,22,26H,8-15,17-20H2,1H3/t26-/m1/s1. The Labute approximate surface area is 202 Å². The quantitative estimate of drug-likeness (QED) is 0.600. The third-order valence-electron chi connectivity index (χ3n) is 7.50. The Kier molecular flexibility index (Phi) is 7.42. The maximum Gasteiger partial charge on any atom is 0.320 e. The van der Waals surface area contributed by atoms with Crippen LogP contribution in [0.15, 0.2) is 42.6 Å². The fourth-order valence-electron chi connectivity index (χ4n) is 5.40. The van der Waals surface area contributed by atoms with Crippen molar-refractivity contribution in [1.29, 1.82) is 0 Å². The maximum absolute atomic E-state index is 13.1. The van der Waals surface area contributed by atoms with Gasteiger partial charge in [-0.05, 0) is 47.9 Å². The number of urea groups is 1. The molecule has 3 aliphatic heterocycles. The number of rotatable bonds is 8. The SMILES string of the molecule is CO[C@H](CN1CCc2ccccc2C1)CN1CCN(Cc2ccc(C3CCOCC3)cn2)C1=O. The number of pyridine rings is 1. The molecule has 0 radical (unpaired) electrons. The van der Waals surface area contributed by atoms with Crippen molar-refractivity contribution in [2.24, 2.45) is 0 Å². The molecule has 1 atom stereocenters. The molecule has 0 bridgehead atoms. The van der Waals surface area contributed by atoms with Crippen LogP contribution in [0, 0.1) is 0 Å². The number of benzene rings is 1. The van der Waals surface area contributed by atoms with Gasteiger partial charge in [0.05, 0.1) is 18.3 Å². The van der Waals surface area contributed by atoms with E-state index in [4.69, 9.17) is 9.47 Å². The molecule has 5 rings (SSSR count). The van der Waals surface area contributed by atoms with Gasteiger partial charge < -0.3 is 19.3 Å². The Bertz CT molecular complexity index is 961. The number of carbonyl (C=O) groups excluding carboxylic acids is 1. The predicted molar refractivity (Wildman–Crippen MR) is 131 cm³/mol. The first-order valence-corrected chi connectivity index (χ1v) is 12.6. The molecule has 3 aliphatic rings. The van der Waals surface area contributed by atoms with Crippen molar-refractivity contribution < 1.29 is 14.3 Å². The van der Waals surface area contributed by atoms with Crippen molar-refractivity contribution in [3.05, 3.63) is 65.0 Å². The van der Waals surface area contributed by atoms with Gasteiger partial charge in [0, 0.05) is 65.8 Å². The first-order chi connectivity index (χ1) is 16.7. The summed E-state index contributed by atoms with van der Waals surface area (Å²) >= 11 is 0. The molecular weight excluding hydrogens is 428 g/mol. The lowest BCUT2D eigenvalue weighted by Gasteiger charge is -2.32. The molecule has 0 spiro atoms. The Balaban J connectivity index is 1.12. The Hall–Kier alpha value is -2.48. The molecule has 2 saturated heterocycles. The summed E-state index contributed by atoms with van der Waals surface area (Å²) in [4.78, 5) is 24.0. The van der Waals surface area contributed by atoms with E-state index in [-0.39, 0.29) is 12.1 Å². The number of amides is 2. The number of methoxy groups -OCH3 is 1. The highest BCUT2D eigenvalue weighted by Gasteiger charge is 2.31. The van der Waals surface area contributed by atoms with Crippen molar-refractivity contribution in [2.75, 3.05) is 53.0 Å². The highest BCUT2D eigenvalue weighted by molar-refractivity contribution is 5.76. The summed E-state index contributed by atoms with van der Waals surface area (Å²) in [7, 11) is 1.75. The van der Waals surface area contributed by atoms with Crippen molar-refractivity contribution in [3.63, 3.8) is 0 Å². The molecule has 0 saturated carbocycles. The summed E-state index contributed by atoms with van der Waals surface area (Å²) in [6.45, 7) is 7.14. The molecule has 2 aromatic rings. The summed E-state index contributed by atoms with van der Waals surface area (Å²) in [6.07, 6.45) is 5.19. The first kappa shape index (κ1) is 23.3. The van der Waals surface area contributed by atoms with E-state index in [9.17, 15) is 4.79 Å². The van der Waals surface area contributed by atoms with Crippen molar-refractivity contribution >= 4 is 6.03 Å². The third kappa shape index (κ3) is 5.43. The topological polar surface area (TPSA) is 58.1 Å². The molecule has 34 heavy (non-hydrogen) atoms. The van der Waals surface area contributed by atoms with E-state index in [1.807, 2.05) is 16.0 Å². The predicted octanol–water partition coefficient (Wildman–Crippen LogP) is 3.29. The van der Waals surface area contributed by atoms with Crippen LogP contribution in [-0.2, 0) is 29.0 Å². The van der Waals surface area contributed by atoms with Gasteiger partial charge >= 0.3 is 6.03 Å². The highest BCUT2D eigenvalue weighted by Crippen LogP contribution is 2.26. The van der Waals surface area contributed by atoms with Crippen LogP contribution in [0.3, 0.4) is 0 Å². The third-order valence-corrected chi connectivity index (χ3v) is 7.50. The molecule has 182 valence electrons. The molecule has 2 amide bonds. The molecule has 1 aromatic heterocycles. The minimum absolute atomic E-state index is 0.00560. The molecular formula is C27H36N4O3. The number of ether oxygens (including phenoxy) is 2.